The van der Waals surface area contributed by atoms with Gasteiger partial charge in [0.25, 0.3) is 0 Å². The Morgan fingerprint density at radius 2 is 1.46 bits per heavy atom. The number of piperazine rings is 2. The third kappa shape index (κ3) is 4.43. The van der Waals surface area contributed by atoms with Crippen molar-refractivity contribution in [2.24, 2.45) is 0 Å². The summed E-state index contributed by atoms with van der Waals surface area (Å²) in [5.41, 5.74) is 3.09. The second-order valence-electron chi connectivity index (χ2n) is 7.79. The SMILES string of the molecule is CN1CCN(c2ccc(CN3CCN(c4ccccc4F)CC3)cc2Cl)CC1. The van der Waals surface area contributed by atoms with E-state index in [0.717, 1.165) is 69.6 Å². The van der Waals surface area contributed by atoms with E-state index in [-0.39, 0.29) is 5.82 Å². The van der Waals surface area contributed by atoms with Crippen LogP contribution in [-0.4, -0.2) is 69.2 Å². The smallest absolute Gasteiger partial charge is 0.146 e. The van der Waals surface area contributed by atoms with Crippen LogP contribution in [0.3, 0.4) is 0 Å². The van der Waals surface area contributed by atoms with E-state index in [1.165, 1.54) is 11.6 Å². The first kappa shape index (κ1) is 19.5. The molecule has 0 bridgehead atoms. The molecule has 0 radical (unpaired) electrons. The minimum Gasteiger partial charge on any atom is -0.368 e. The topological polar surface area (TPSA) is 13.0 Å². The highest BCUT2D eigenvalue weighted by atomic mass is 35.5. The maximum absolute atomic E-state index is 14.0. The number of likely N-dealkylation sites (N-methyl/N-ethyl adjacent to an activating group) is 1. The number of anilines is 2. The van der Waals surface area contributed by atoms with E-state index in [4.69, 9.17) is 11.6 Å². The van der Waals surface area contributed by atoms with Crippen LogP contribution in [0.15, 0.2) is 42.5 Å². The molecule has 0 aromatic heterocycles. The van der Waals surface area contributed by atoms with Crippen molar-refractivity contribution in [1.82, 2.24) is 9.80 Å². The fourth-order valence-corrected chi connectivity index (χ4v) is 4.39. The van der Waals surface area contributed by atoms with E-state index in [0.29, 0.717) is 5.69 Å². The highest BCUT2D eigenvalue weighted by Crippen LogP contribution is 2.28. The quantitative estimate of drug-likeness (QED) is 0.775. The maximum Gasteiger partial charge on any atom is 0.146 e. The third-order valence-electron chi connectivity index (χ3n) is 5.83. The van der Waals surface area contributed by atoms with Gasteiger partial charge in [0.05, 0.1) is 16.4 Å². The van der Waals surface area contributed by atoms with Gasteiger partial charge < -0.3 is 14.7 Å². The highest BCUT2D eigenvalue weighted by Gasteiger charge is 2.20. The fourth-order valence-electron chi connectivity index (χ4n) is 4.07. The first-order valence-electron chi connectivity index (χ1n) is 10.0. The summed E-state index contributed by atoms with van der Waals surface area (Å²) >= 11 is 6.61. The largest absolute Gasteiger partial charge is 0.368 e. The zero-order chi connectivity index (χ0) is 19.5. The van der Waals surface area contributed by atoms with Crippen molar-refractivity contribution in [1.29, 1.82) is 0 Å². The lowest BCUT2D eigenvalue weighted by atomic mass is 10.1. The molecule has 0 atom stereocenters. The van der Waals surface area contributed by atoms with Crippen LogP contribution in [0, 0.1) is 5.82 Å². The van der Waals surface area contributed by atoms with E-state index in [1.807, 2.05) is 12.1 Å². The third-order valence-corrected chi connectivity index (χ3v) is 6.13. The lowest BCUT2D eigenvalue weighted by molar-refractivity contribution is 0.249. The molecule has 2 heterocycles. The highest BCUT2D eigenvalue weighted by molar-refractivity contribution is 6.33. The molecule has 0 spiro atoms. The molecule has 2 aliphatic rings. The molecule has 0 saturated carbocycles. The van der Waals surface area contributed by atoms with E-state index >= 15 is 0 Å². The van der Waals surface area contributed by atoms with Gasteiger partial charge in [0.15, 0.2) is 0 Å². The van der Waals surface area contributed by atoms with Crippen LogP contribution < -0.4 is 9.80 Å². The van der Waals surface area contributed by atoms with Gasteiger partial charge in [-0.2, -0.15) is 0 Å². The lowest BCUT2D eigenvalue weighted by Crippen LogP contribution is -2.46. The summed E-state index contributed by atoms with van der Waals surface area (Å²) in [5, 5.41) is 0.840. The molecular weight excluding hydrogens is 375 g/mol. The summed E-state index contributed by atoms with van der Waals surface area (Å²) in [5.74, 6) is -0.137. The lowest BCUT2D eigenvalue weighted by Gasteiger charge is -2.36. The van der Waals surface area contributed by atoms with E-state index in [1.54, 1.807) is 6.07 Å². The zero-order valence-electron chi connectivity index (χ0n) is 16.5. The van der Waals surface area contributed by atoms with Gasteiger partial charge >= 0.3 is 0 Å². The number of benzene rings is 2. The van der Waals surface area contributed by atoms with Gasteiger partial charge in [-0.1, -0.05) is 29.8 Å². The summed E-state index contributed by atoms with van der Waals surface area (Å²) in [7, 11) is 2.16. The van der Waals surface area contributed by atoms with Gasteiger partial charge in [-0.25, -0.2) is 4.39 Å². The standard InChI is InChI=1S/C22H28ClFN4/c1-25-8-12-27(13-9-25)21-7-6-18(16-19(21)23)17-26-10-14-28(15-11-26)22-5-3-2-4-20(22)24/h2-7,16H,8-15,17H2,1H3. The van der Waals surface area contributed by atoms with E-state index in [9.17, 15) is 4.39 Å². The molecule has 0 amide bonds. The van der Waals surface area contributed by atoms with Crippen LogP contribution in [-0.2, 0) is 6.54 Å². The molecule has 6 heteroatoms. The number of halogens is 2. The van der Waals surface area contributed by atoms with E-state index in [2.05, 4.69) is 44.8 Å². The summed E-state index contributed by atoms with van der Waals surface area (Å²) in [6, 6.07) is 13.5. The molecule has 28 heavy (non-hydrogen) atoms. The Morgan fingerprint density at radius 3 is 2.14 bits per heavy atom. The summed E-state index contributed by atoms with van der Waals surface area (Å²) < 4.78 is 14.0. The van der Waals surface area contributed by atoms with Gasteiger partial charge in [-0.15, -0.1) is 0 Å². The second kappa shape index (κ2) is 8.68. The van der Waals surface area contributed by atoms with Crippen molar-refractivity contribution in [2.75, 3.05) is 69.2 Å². The van der Waals surface area contributed by atoms with Crippen molar-refractivity contribution < 1.29 is 4.39 Å². The Morgan fingerprint density at radius 1 is 0.821 bits per heavy atom. The molecule has 4 rings (SSSR count). The van der Waals surface area contributed by atoms with Crippen LogP contribution in [0.2, 0.25) is 5.02 Å². The van der Waals surface area contributed by atoms with Crippen LogP contribution in [0.1, 0.15) is 5.56 Å². The monoisotopic (exact) mass is 402 g/mol. The fraction of sp³-hybridized carbons (Fsp3) is 0.455. The zero-order valence-corrected chi connectivity index (χ0v) is 17.2. The molecule has 4 nitrogen and oxygen atoms in total. The normalized spacial score (nSPS) is 19.2. The molecule has 2 aromatic rings. The number of hydrogen-bond donors (Lipinski definition) is 0. The molecular formula is C22H28ClFN4. The Kier molecular flexibility index (Phi) is 6.04. The minimum atomic E-state index is -0.137. The van der Waals surface area contributed by atoms with E-state index < -0.39 is 0 Å². The summed E-state index contributed by atoms with van der Waals surface area (Å²) in [6.07, 6.45) is 0. The van der Waals surface area contributed by atoms with Crippen molar-refractivity contribution in [3.8, 4) is 0 Å². The Balaban J connectivity index is 1.34. The first-order valence-corrected chi connectivity index (χ1v) is 10.4. The van der Waals surface area contributed by atoms with Gasteiger partial charge in [0.1, 0.15) is 5.82 Å². The number of para-hydroxylation sites is 1. The van der Waals surface area contributed by atoms with Crippen molar-refractivity contribution in [3.63, 3.8) is 0 Å². The van der Waals surface area contributed by atoms with Gasteiger partial charge in [-0.3, -0.25) is 4.90 Å². The molecule has 150 valence electrons. The van der Waals surface area contributed by atoms with Gasteiger partial charge in [-0.05, 0) is 36.9 Å². The predicted molar refractivity (Wildman–Crippen MR) is 115 cm³/mol. The van der Waals surface area contributed by atoms with Gasteiger partial charge in [0.2, 0.25) is 0 Å². The van der Waals surface area contributed by atoms with Crippen molar-refractivity contribution in [2.45, 2.75) is 6.54 Å². The van der Waals surface area contributed by atoms with Crippen LogP contribution in [0.5, 0.6) is 0 Å². The number of nitrogens with zero attached hydrogens (tertiary/aromatic N) is 4. The Bertz CT molecular complexity index is 799. The molecule has 2 aromatic carbocycles. The average molecular weight is 403 g/mol. The van der Waals surface area contributed by atoms with Gasteiger partial charge in [0, 0.05) is 58.9 Å². The number of hydrogen-bond acceptors (Lipinski definition) is 4. The first-order chi connectivity index (χ1) is 13.6. The molecule has 2 fully saturated rings. The van der Waals surface area contributed by atoms with Crippen LogP contribution >= 0.6 is 11.6 Å². The number of rotatable bonds is 4. The Labute approximate surface area is 172 Å². The second-order valence-corrected chi connectivity index (χ2v) is 8.20. The van der Waals surface area contributed by atoms with Crippen LogP contribution in [0.4, 0.5) is 15.8 Å². The Hall–Kier alpha value is -1.82. The molecule has 2 saturated heterocycles. The van der Waals surface area contributed by atoms with Crippen molar-refractivity contribution >= 4 is 23.0 Å². The predicted octanol–water partition coefficient (Wildman–Crippen LogP) is 3.55. The minimum absolute atomic E-state index is 0.137. The molecule has 0 aliphatic carbocycles. The van der Waals surface area contributed by atoms with Crippen LogP contribution in [0.25, 0.3) is 0 Å². The molecule has 0 N–H and O–H groups in total. The molecule has 2 aliphatic heterocycles. The molecule has 0 unspecified atom stereocenters. The summed E-state index contributed by atoms with van der Waals surface area (Å²) in [4.78, 5) is 9.27. The van der Waals surface area contributed by atoms with Crippen molar-refractivity contribution in [3.05, 3.63) is 58.9 Å². The average Bonchev–Trinajstić information content (AvgIpc) is 2.70. The maximum atomic E-state index is 14.0. The summed E-state index contributed by atoms with van der Waals surface area (Å²) in [6.45, 7) is 8.60.